The molecule has 0 heterocycles. The molecule has 0 aliphatic carbocycles. The number of ether oxygens (including phenoxy) is 3. The highest BCUT2D eigenvalue weighted by Crippen LogP contribution is 2.23. The molecule has 1 atom stereocenters. The number of hydrogen-bond donors (Lipinski definition) is 1. The first kappa shape index (κ1) is 14.4. The third-order valence-electron chi connectivity index (χ3n) is 2.72. The molecule has 4 nitrogen and oxygen atoms in total. The van der Waals surface area contributed by atoms with Crippen LogP contribution in [0.5, 0.6) is 17.2 Å². The predicted molar refractivity (Wildman–Crippen MR) is 78.3 cm³/mol. The molecule has 0 amide bonds. The second kappa shape index (κ2) is 7.53. The first-order chi connectivity index (χ1) is 9.81. The van der Waals surface area contributed by atoms with Crippen molar-refractivity contribution < 1.29 is 14.2 Å². The van der Waals surface area contributed by atoms with Gasteiger partial charge in [-0.25, -0.2) is 0 Å². The fraction of sp³-hybridized carbons (Fsp3) is 0.250. The Kier molecular flexibility index (Phi) is 5.41. The van der Waals surface area contributed by atoms with Crippen molar-refractivity contribution in [3.8, 4) is 17.2 Å². The second-order valence-corrected chi connectivity index (χ2v) is 4.32. The maximum absolute atomic E-state index is 5.71. The van der Waals surface area contributed by atoms with Gasteiger partial charge < -0.3 is 19.9 Å². The van der Waals surface area contributed by atoms with Gasteiger partial charge >= 0.3 is 0 Å². The van der Waals surface area contributed by atoms with Crippen molar-refractivity contribution in [1.29, 1.82) is 0 Å². The first-order valence-corrected chi connectivity index (χ1v) is 6.50. The van der Waals surface area contributed by atoms with Gasteiger partial charge in [0.2, 0.25) is 0 Å². The van der Waals surface area contributed by atoms with Crippen molar-refractivity contribution in [2.75, 3.05) is 20.3 Å². The molecule has 2 rings (SSSR count). The van der Waals surface area contributed by atoms with Gasteiger partial charge in [0, 0.05) is 13.7 Å². The van der Waals surface area contributed by atoms with Gasteiger partial charge in [0.05, 0.1) is 6.61 Å². The van der Waals surface area contributed by atoms with E-state index in [4.69, 9.17) is 19.9 Å². The Morgan fingerprint density at radius 3 is 2.10 bits per heavy atom. The van der Waals surface area contributed by atoms with Crippen LogP contribution in [0, 0.1) is 0 Å². The molecule has 4 heteroatoms. The predicted octanol–water partition coefficient (Wildman–Crippen LogP) is 2.83. The molecular formula is C16H19NO3. The van der Waals surface area contributed by atoms with Gasteiger partial charge in [0.15, 0.2) is 0 Å². The van der Waals surface area contributed by atoms with Crippen molar-refractivity contribution >= 4 is 0 Å². The molecule has 0 bridgehead atoms. The maximum Gasteiger partial charge on any atom is 0.134 e. The van der Waals surface area contributed by atoms with Crippen LogP contribution in [0.2, 0.25) is 0 Å². The zero-order valence-electron chi connectivity index (χ0n) is 11.5. The summed E-state index contributed by atoms with van der Waals surface area (Å²) >= 11 is 0. The first-order valence-electron chi connectivity index (χ1n) is 6.50. The van der Waals surface area contributed by atoms with E-state index >= 15 is 0 Å². The summed E-state index contributed by atoms with van der Waals surface area (Å²) in [4.78, 5) is 0. The number of methoxy groups -OCH3 is 1. The largest absolute Gasteiger partial charge is 0.487 e. The van der Waals surface area contributed by atoms with Crippen LogP contribution in [0.4, 0.5) is 0 Å². The second-order valence-electron chi connectivity index (χ2n) is 4.32. The Bertz CT molecular complexity index is 499. The third kappa shape index (κ3) is 4.26. The molecule has 0 radical (unpaired) electrons. The quantitative estimate of drug-likeness (QED) is 0.842. The van der Waals surface area contributed by atoms with Gasteiger partial charge in [-0.1, -0.05) is 18.2 Å². The summed E-state index contributed by atoms with van der Waals surface area (Å²) in [5.41, 5.74) is 5.61. The number of rotatable bonds is 7. The molecule has 0 aliphatic heterocycles. The van der Waals surface area contributed by atoms with E-state index in [1.807, 2.05) is 54.6 Å². The Morgan fingerprint density at radius 1 is 0.900 bits per heavy atom. The van der Waals surface area contributed by atoms with Crippen LogP contribution in [-0.2, 0) is 4.74 Å². The fourth-order valence-electron chi connectivity index (χ4n) is 1.74. The molecule has 1 unspecified atom stereocenters. The number of nitrogens with two attached hydrogens (primary N) is 1. The van der Waals surface area contributed by atoms with E-state index in [0.717, 1.165) is 17.2 Å². The van der Waals surface area contributed by atoms with Crippen LogP contribution in [0.25, 0.3) is 0 Å². The molecule has 2 aromatic rings. The van der Waals surface area contributed by atoms with Gasteiger partial charge in [-0.3, -0.25) is 0 Å². The van der Waals surface area contributed by atoms with Crippen molar-refractivity contribution in [1.82, 2.24) is 0 Å². The highest BCUT2D eigenvalue weighted by molar-refractivity contribution is 5.35. The van der Waals surface area contributed by atoms with Crippen molar-refractivity contribution in [2.45, 2.75) is 6.10 Å². The summed E-state index contributed by atoms with van der Waals surface area (Å²) in [6, 6.07) is 17.1. The molecular weight excluding hydrogens is 254 g/mol. The average Bonchev–Trinajstić information content (AvgIpc) is 2.50. The summed E-state index contributed by atoms with van der Waals surface area (Å²) in [5, 5.41) is 0. The van der Waals surface area contributed by atoms with E-state index in [2.05, 4.69) is 0 Å². The zero-order valence-corrected chi connectivity index (χ0v) is 11.5. The van der Waals surface area contributed by atoms with Crippen molar-refractivity contribution in [2.24, 2.45) is 5.73 Å². The summed E-state index contributed by atoms with van der Waals surface area (Å²) in [6.45, 7) is 0.884. The summed E-state index contributed by atoms with van der Waals surface area (Å²) in [5.74, 6) is 2.32. The molecule has 106 valence electrons. The third-order valence-corrected chi connectivity index (χ3v) is 2.72. The lowest BCUT2D eigenvalue weighted by Gasteiger charge is -2.16. The van der Waals surface area contributed by atoms with Crippen LogP contribution in [-0.4, -0.2) is 26.4 Å². The van der Waals surface area contributed by atoms with E-state index in [1.54, 1.807) is 7.11 Å². The van der Waals surface area contributed by atoms with Gasteiger partial charge in [-0.05, 0) is 36.4 Å². The molecule has 0 spiro atoms. The lowest BCUT2D eigenvalue weighted by atomic mass is 10.3. The van der Waals surface area contributed by atoms with E-state index in [1.165, 1.54) is 0 Å². The van der Waals surface area contributed by atoms with Gasteiger partial charge in [-0.2, -0.15) is 0 Å². The summed E-state index contributed by atoms with van der Waals surface area (Å²) < 4.78 is 16.5. The highest BCUT2D eigenvalue weighted by Gasteiger charge is 2.07. The van der Waals surface area contributed by atoms with E-state index in [-0.39, 0.29) is 6.10 Å². The Morgan fingerprint density at radius 2 is 1.50 bits per heavy atom. The molecule has 2 aromatic carbocycles. The van der Waals surface area contributed by atoms with Crippen LogP contribution in [0.3, 0.4) is 0 Å². The topological polar surface area (TPSA) is 53.7 Å². The number of benzene rings is 2. The lowest BCUT2D eigenvalue weighted by molar-refractivity contribution is 0.0860. The summed E-state index contributed by atoms with van der Waals surface area (Å²) in [7, 11) is 1.63. The van der Waals surface area contributed by atoms with Crippen molar-refractivity contribution in [3.05, 3.63) is 54.6 Å². The Balaban J connectivity index is 1.96. The van der Waals surface area contributed by atoms with Crippen LogP contribution >= 0.6 is 0 Å². The molecule has 0 fully saturated rings. The standard InChI is InChI=1S/C16H19NO3/c1-18-12-16(11-17)20-15-9-7-14(8-10-15)19-13-5-3-2-4-6-13/h2-10,16H,11-12,17H2,1H3. The molecule has 0 saturated carbocycles. The molecule has 0 saturated heterocycles. The minimum Gasteiger partial charge on any atom is -0.487 e. The van der Waals surface area contributed by atoms with Gasteiger partial charge in [0.1, 0.15) is 23.4 Å². The monoisotopic (exact) mass is 273 g/mol. The fourth-order valence-corrected chi connectivity index (χ4v) is 1.74. The van der Waals surface area contributed by atoms with E-state index < -0.39 is 0 Å². The molecule has 2 N–H and O–H groups in total. The SMILES string of the molecule is COCC(CN)Oc1ccc(Oc2ccccc2)cc1. The highest BCUT2D eigenvalue weighted by atomic mass is 16.5. The smallest absolute Gasteiger partial charge is 0.134 e. The van der Waals surface area contributed by atoms with Crippen LogP contribution < -0.4 is 15.2 Å². The molecule has 0 aliphatic rings. The molecule has 0 aromatic heterocycles. The Labute approximate surface area is 119 Å². The average molecular weight is 273 g/mol. The minimum atomic E-state index is -0.138. The van der Waals surface area contributed by atoms with Gasteiger partial charge in [-0.15, -0.1) is 0 Å². The lowest BCUT2D eigenvalue weighted by Crippen LogP contribution is -2.31. The summed E-state index contributed by atoms with van der Waals surface area (Å²) in [6.07, 6.45) is -0.138. The number of hydrogen-bond acceptors (Lipinski definition) is 4. The number of para-hydroxylation sites is 1. The Hall–Kier alpha value is -2.04. The normalized spacial score (nSPS) is 11.9. The van der Waals surface area contributed by atoms with Gasteiger partial charge in [0.25, 0.3) is 0 Å². The maximum atomic E-state index is 5.71. The van der Waals surface area contributed by atoms with Crippen LogP contribution in [0.1, 0.15) is 0 Å². The van der Waals surface area contributed by atoms with Crippen LogP contribution in [0.15, 0.2) is 54.6 Å². The van der Waals surface area contributed by atoms with E-state index in [9.17, 15) is 0 Å². The minimum absolute atomic E-state index is 0.138. The zero-order chi connectivity index (χ0) is 14.2. The van der Waals surface area contributed by atoms with E-state index in [0.29, 0.717) is 13.2 Å². The van der Waals surface area contributed by atoms with Crippen molar-refractivity contribution in [3.63, 3.8) is 0 Å². The molecule has 20 heavy (non-hydrogen) atoms.